The normalized spacial score (nSPS) is 20.2. The molecule has 0 radical (unpaired) electrons. The van der Waals surface area contributed by atoms with Gasteiger partial charge in [0.2, 0.25) is 0 Å². The second kappa shape index (κ2) is 7.45. The lowest BCUT2D eigenvalue weighted by Crippen LogP contribution is -2.35. The van der Waals surface area contributed by atoms with E-state index in [9.17, 15) is 22.8 Å². The van der Waals surface area contributed by atoms with Gasteiger partial charge in [-0.1, -0.05) is 18.2 Å². The third-order valence-electron chi connectivity index (χ3n) is 4.92. The molecular weight excluding hydrogens is 371 g/mol. The number of hydrogen-bond donors (Lipinski definition) is 1. The van der Waals surface area contributed by atoms with E-state index in [-0.39, 0.29) is 28.9 Å². The molecule has 0 unspecified atom stereocenters. The van der Waals surface area contributed by atoms with Crippen LogP contribution in [-0.2, 0) is 20.5 Å². The van der Waals surface area contributed by atoms with Gasteiger partial charge in [-0.2, -0.15) is 13.2 Å². The fraction of sp³-hybridized carbons (Fsp3) is 0.429. The Bertz CT molecular complexity index is 881. The zero-order chi connectivity index (χ0) is 20.6. The standard InChI is InChI=1S/C21H22F3NO3/c1-11(2)28-20(27)17-12(3)25-15-9-6-10-16(26)19(15)18(17)13-7-4-5-8-14(13)21(22,23)24/h4-5,7-8,11,18,25H,6,9-10H2,1-3H3/t18-/m1/s1. The largest absolute Gasteiger partial charge is 0.460 e. The van der Waals surface area contributed by atoms with Gasteiger partial charge in [-0.25, -0.2) is 4.79 Å². The minimum atomic E-state index is -4.61. The van der Waals surface area contributed by atoms with Gasteiger partial charge in [0.1, 0.15) is 0 Å². The second-order valence-corrected chi connectivity index (χ2v) is 7.30. The number of ketones is 1. The minimum Gasteiger partial charge on any atom is -0.460 e. The van der Waals surface area contributed by atoms with Gasteiger partial charge in [0.25, 0.3) is 0 Å². The number of alkyl halides is 3. The Labute approximate surface area is 161 Å². The SMILES string of the molecule is CC1=C(C(=O)OC(C)C)[C@@H](c2ccccc2C(F)(F)F)C2=C(CCCC2=O)N1. The maximum Gasteiger partial charge on any atom is 0.416 e. The number of allylic oxidation sites excluding steroid dienone is 3. The Balaban J connectivity index is 2.25. The Morgan fingerprint density at radius 3 is 2.54 bits per heavy atom. The average molecular weight is 393 g/mol. The monoisotopic (exact) mass is 393 g/mol. The van der Waals surface area contributed by atoms with Crippen molar-refractivity contribution in [1.29, 1.82) is 0 Å². The molecule has 3 rings (SSSR count). The molecule has 1 N–H and O–H groups in total. The van der Waals surface area contributed by atoms with E-state index in [1.807, 2.05) is 0 Å². The van der Waals surface area contributed by atoms with Crippen LogP contribution in [0.25, 0.3) is 0 Å². The highest BCUT2D eigenvalue weighted by Crippen LogP contribution is 2.46. The smallest absolute Gasteiger partial charge is 0.416 e. The summed E-state index contributed by atoms with van der Waals surface area (Å²) in [4.78, 5) is 25.5. The zero-order valence-corrected chi connectivity index (χ0v) is 15.9. The lowest BCUT2D eigenvalue weighted by molar-refractivity contribution is -0.143. The van der Waals surface area contributed by atoms with Crippen molar-refractivity contribution in [3.8, 4) is 0 Å². The molecule has 0 spiro atoms. The van der Waals surface area contributed by atoms with E-state index in [2.05, 4.69) is 5.32 Å². The molecular formula is C21H22F3NO3. The molecule has 4 nitrogen and oxygen atoms in total. The summed E-state index contributed by atoms with van der Waals surface area (Å²) in [5, 5.41) is 3.07. The van der Waals surface area contributed by atoms with E-state index in [1.54, 1.807) is 20.8 Å². The fourth-order valence-corrected chi connectivity index (χ4v) is 3.85. The summed E-state index contributed by atoms with van der Waals surface area (Å²) in [7, 11) is 0. The zero-order valence-electron chi connectivity index (χ0n) is 15.9. The molecule has 1 heterocycles. The van der Waals surface area contributed by atoms with Crippen LogP contribution in [0.1, 0.15) is 57.1 Å². The van der Waals surface area contributed by atoms with Gasteiger partial charge < -0.3 is 10.1 Å². The van der Waals surface area contributed by atoms with Crippen LogP contribution in [0.2, 0.25) is 0 Å². The molecule has 1 aliphatic heterocycles. The summed E-state index contributed by atoms with van der Waals surface area (Å²) < 4.78 is 46.4. The van der Waals surface area contributed by atoms with Crippen molar-refractivity contribution in [2.45, 2.75) is 58.2 Å². The first kappa shape index (κ1) is 20.2. The summed E-state index contributed by atoms with van der Waals surface area (Å²) in [5.41, 5.74) is 0.352. The van der Waals surface area contributed by atoms with Crippen molar-refractivity contribution in [3.63, 3.8) is 0 Å². The molecule has 1 atom stereocenters. The molecule has 0 fully saturated rings. The summed E-state index contributed by atoms with van der Waals surface area (Å²) >= 11 is 0. The van der Waals surface area contributed by atoms with Crippen LogP contribution in [0.4, 0.5) is 13.2 Å². The van der Waals surface area contributed by atoms with E-state index < -0.39 is 29.7 Å². The summed E-state index contributed by atoms with van der Waals surface area (Å²) in [5.74, 6) is -2.06. The van der Waals surface area contributed by atoms with Gasteiger partial charge in [0.15, 0.2) is 5.78 Å². The van der Waals surface area contributed by atoms with Crippen LogP contribution in [0.3, 0.4) is 0 Å². The molecule has 7 heteroatoms. The Kier molecular flexibility index (Phi) is 5.37. The van der Waals surface area contributed by atoms with Crippen LogP contribution >= 0.6 is 0 Å². The molecule has 0 saturated heterocycles. The van der Waals surface area contributed by atoms with Gasteiger partial charge in [0, 0.05) is 29.3 Å². The molecule has 0 bridgehead atoms. The lowest BCUT2D eigenvalue weighted by atomic mass is 9.74. The van der Waals surface area contributed by atoms with Crippen LogP contribution in [0.15, 0.2) is 46.8 Å². The molecule has 2 aliphatic rings. The number of dihydropyridines is 1. The molecule has 1 aromatic rings. The number of nitrogens with one attached hydrogen (secondary N) is 1. The first-order valence-electron chi connectivity index (χ1n) is 9.22. The van der Waals surface area contributed by atoms with Crippen LogP contribution in [0, 0.1) is 0 Å². The average Bonchev–Trinajstić information content (AvgIpc) is 2.59. The number of halogens is 3. The number of Topliss-reactive ketones (excluding diaryl/α,β-unsaturated/α-hetero) is 1. The van der Waals surface area contributed by atoms with Crippen molar-refractivity contribution >= 4 is 11.8 Å². The quantitative estimate of drug-likeness (QED) is 0.761. The third-order valence-corrected chi connectivity index (χ3v) is 4.92. The molecule has 0 saturated carbocycles. The Morgan fingerprint density at radius 1 is 1.21 bits per heavy atom. The number of rotatable bonds is 3. The highest BCUT2D eigenvalue weighted by atomic mass is 19.4. The van der Waals surface area contributed by atoms with Gasteiger partial charge in [0.05, 0.1) is 17.2 Å². The fourth-order valence-electron chi connectivity index (χ4n) is 3.85. The Morgan fingerprint density at radius 2 is 1.89 bits per heavy atom. The molecule has 0 amide bonds. The van der Waals surface area contributed by atoms with E-state index >= 15 is 0 Å². The first-order chi connectivity index (χ1) is 13.1. The number of esters is 1. The number of benzene rings is 1. The minimum absolute atomic E-state index is 0.0550. The number of carbonyl (C=O) groups is 2. The molecule has 1 aliphatic carbocycles. The summed E-state index contributed by atoms with van der Waals surface area (Å²) in [6, 6.07) is 5.10. The highest BCUT2D eigenvalue weighted by molar-refractivity contribution is 6.03. The van der Waals surface area contributed by atoms with Crippen molar-refractivity contribution in [2.24, 2.45) is 0 Å². The lowest BCUT2D eigenvalue weighted by Gasteiger charge is -2.35. The van der Waals surface area contributed by atoms with Crippen molar-refractivity contribution < 1.29 is 27.5 Å². The summed E-state index contributed by atoms with van der Waals surface area (Å²) in [6.07, 6.45) is -3.63. The van der Waals surface area contributed by atoms with Crippen LogP contribution in [0.5, 0.6) is 0 Å². The van der Waals surface area contributed by atoms with E-state index in [0.29, 0.717) is 24.2 Å². The maximum absolute atomic E-state index is 13.7. The van der Waals surface area contributed by atoms with Gasteiger partial charge in [-0.05, 0) is 45.2 Å². The maximum atomic E-state index is 13.7. The predicted octanol–water partition coefficient (Wildman–Crippen LogP) is 4.62. The first-order valence-corrected chi connectivity index (χ1v) is 9.22. The second-order valence-electron chi connectivity index (χ2n) is 7.30. The van der Waals surface area contributed by atoms with E-state index in [0.717, 1.165) is 6.07 Å². The Hall–Kier alpha value is -2.57. The molecule has 28 heavy (non-hydrogen) atoms. The third kappa shape index (κ3) is 3.70. The van der Waals surface area contributed by atoms with Gasteiger partial charge >= 0.3 is 12.1 Å². The van der Waals surface area contributed by atoms with E-state index in [4.69, 9.17) is 4.74 Å². The molecule has 0 aromatic heterocycles. The number of hydrogen-bond acceptors (Lipinski definition) is 4. The van der Waals surface area contributed by atoms with Crippen molar-refractivity contribution in [2.75, 3.05) is 0 Å². The van der Waals surface area contributed by atoms with Gasteiger partial charge in [-0.3, -0.25) is 4.79 Å². The molecule has 1 aromatic carbocycles. The number of ether oxygens (including phenoxy) is 1. The van der Waals surface area contributed by atoms with Crippen LogP contribution < -0.4 is 5.32 Å². The van der Waals surface area contributed by atoms with Crippen molar-refractivity contribution in [1.82, 2.24) is 5.32 Å². The summed E-state index contributed by atoms with van der Waals surface area (Å²) in [6.45, 7) is 4.96. The van der Waals surface area contributed by atoms with Crippen LogP contribution in [-0.4, -0.2) is 17.9 Å². The highest BCUT2D eigenvalue weighted by Gasteiger charge is 2.43. The predicted molar refractivity (Wildman–Crippen MR) is 97.1 cm³/mol. The number of carbonyl (C=O) groups excluding carboxylic acids is 2. The topological polar surface area (TPSA) is 55.4 Å². The van der Waals surface area contributed by atoms with Crippen molar-refractivity contribution in [3.05, 3.63) is 57.9 Å². The van der Waals surface area contributed by atoms with E-state index in [1.165, 1.54) is 18.2 Å². The molecule has 150 valence electrons. The van der Waals surface area contributed by atoms with Gasteiger partial charge in [-0.15, -0.1) is 0 Å².